The first kappa shape index (κ1) is 22.7. The lowest BCUT2D eigenvalue weighted by Crippen LogP contribution is -2.33. The summed E-state index contributed by atoms with van der Waals surface area (Å²) < 4.78 is 8.73. The van der Waals surface area contributed by atoms with Crippen LogP contribution in [0.4, 0.5) is 5.69 Å². The number of thioether (sulfide) groups is 1. The molecule has 2 nitrogen and oxygen atoms in total. The molecular formula is C27H18Br2ClNOS. The van der Waals surface area contributed by atoms with Crippen molar-refractivity contribution in [3.8, 4) is 5.75 Å². The zero-order valence-electron chi connectivity index (χ0n) is 17.3. The number of fused-ring (bicyclic) bond motifs is 1. The van der Waals surface area contributed by atoms with Crippen molar-refractivity contribution >= 4 is 66.6 Å². The number of aliphatic imine (C=N–C) groups is 1. The van der Waals surface area contributed by atoms with Gasteiger partial charge in [-0.15, -0.1) is 11.8 Å². The maximum Gasteiger partial charge on any atom is 0.157 e. The van der Waals surface area contributed by atoms with Gasteiger partial charge in [0.1, 0.15) is 5.75 Å². The molecule has 0 saturated carbocycles. The lowest BCUT2D eigenvalue weighted by molar-refractivity contribution is 0.265. The van der Waals surface area contributed by atoms with Crippen LogP contribution >= 0.6 is 55.2 Å². The molecule has 5 rings (SSSR count). The summed E-state index contributed by atoms with van der Waals surface area (Å²) in [6.45, 7) is 0. The van der Waals surface area contributed by atoms with Gasteiger partial charge in [-0.3, -0.25) is 0 Å². The van der Waals surface area contributed by atoms with Gasteiger partial charge in [0.25, 0.3) is 0 Å². The Balaban J connectivity index is 1.68. The topological polar surface area (TPSA) is 21.6 Å². The molecule has 0 spiro atoms. The van der Waals surface area contributed by atoms with Crippen LogP contribution in [0.3, 0.4) is 0 Å². The van der Waals surface area contributed by atoms with E-state index in [4.69, 9.17) is 21.3 Å². The van der Waals surface area contributed by atoms with Crippen molar-refractivity contribution in [2.45, 2.75) is 16.2 Å². The van der Waals surface area contributed by atoms with Crippen LogP contribution in [0.5, 0.6) is 5.75 Å². The van der Waals surface area contributed by atoms with Crippen molar-refractivity contribution in [3.63, 3.8) is 0 Å². The Bertz CT molecular complexity index is 1290. The van der Waals surface area contributed by atoms with E-state index in [1.165, 1.54) is 0 Å². The third-order valence-corrected chi connectivity index (χ3v) is 8.00. The fourth-order valence-electron chi connectivity index (χ4n) is 3.71. The van der Waals surface area contributed by atoms with Crippen LogP contribution in [0.1, 0.15) is 16.4 Å². The second-order valence-electron chi connectivity index (χ2n) is 7.55. The minimum atomic E-state index is -0.328. The number of rotatable bonds is 4. The van der Waals surface area contributed by atoms with E-state index in [0.717, 1.165) is 42.1 Å². The summed E-state index contributed by atoms with van der Waals surface area (Å²) in [6, 6.07) is 32.4. The largest absolute Gasteiger partial charge is 0.483 e. The van der Waals surface area contributed by atoms with E-state index < -0.39 is 0 Å². The first-order valence-corrected chi connectivity index (χ1v) is 13.2. The molecule has 6 heteroatoms. The molecule has 164 valence electrons. The van der Waals surface area contributed by atoms with Crippen molar-refractivity contribution in [1.29, 1.82) is 0 Å². The highest BCUT2D eigenvalue weighted by atomic mass is 79.9. The number of para-hydroxylation sites is 1. The molecule has 33 heavy (non-hydrogen) atoms. The predicted octanol–water partition coefficient (Wildman–Crippen LogP) is 9.28. The highest BCUT2D eigenvalue weighted by Gasteiger charge is 2.34. The minimum Gasteiger partial charge on any atom is -0.483 e. The molecular weight excluding hydrogens is 582 g/mol. The summed E-state index contributed by atoms with van der Waals surface area (Å²) >= 11 is 15.0. The van der Waals surface area contributed by atoms with Gasteiger partial charge in [0.05, 0.1) is 16.6 Å². The van der Waals surface area contributed by atoms with Crippen molar-refractivity contribution in [2.24, 2.45) is 4.99 Å². The molecule has 0 unspecified atom stereocenters. The van der Waals surface area contributed by atoms with Crippen molar-refractivity contribution in [2.75, 3.05) is 0 Å². The average molecular weight is 600 g/mol. The molecule has 0 fully saturated rings. The van der Waals surface area contributed by atoms with Crippen molar-refractivity contribution in [1.82, 2.24) is 0 Å². The summed E-state index contributed by atoms with van der Waals surface area (Å²) in [6.07, 6.45) is -0.328. The van der Waals surface area contributed by atoms with E-state index in [1.54, 1.807) is 11.8 Å². The average Bonchev–Trinajstić information content (AvgIpc) is 2.99. The van der Waals surface area contributed by atoms with E-state index in [9.17, 15) is 0 Å². The standard InChI is InChI=1S/C27H18Br2ClNOS/c28-19-9-5-17(6-10-19)25-26(32-22-15-11-20(29)12-16-22)27(18-7-13-21(30)14-8-18)33-24-4-2-1-3-23(24)31-25/h1-16,26-27H/t26-,27+/m1/s1. The Kier molecular flexibility index (Phi) is 6.93. The summed E-state index contributed by atoms with van der Waals surface area (Å²) in [5.74, 6) is 0.790. The van der Waals surface area contributed by atoms with Gasteiger partial charge in [-0.05, 0) is 71.8 Å². The zero-order valence-corrected chi connectivity index (χ0v) is 22.0. The number of hydrogen-bond acceptors (Lipinski definition) is 3. The highest BCUT2D eigenvalue weighted by molar-refractivity contribution is 9.10. The second kappa shape index (κ2) is 10.1. The van der Waals surface area contributed by atoms with Crippen molar-refractivity contribution in [3.05, 3.63) is 122 Å². The molecule has 4 aromatic carbocycles. The molecule has 4 aromatic rings. The Morgan fingerprint density at radius 3 is 2.09 bits per heavy atom. The van der Waals surface area contributed by atoms with Gasteiger partial charge in [-0.25, -0.2) is 4.99 Å². The normalized spacial score (nSPS) is 17.6. The minimum absolute atomic E-state index is 0.0306. The fraction of sp³-hybridized carbons (Fsp3) is 0.0741. The molecule has 1 aliphatic rings. The number of hydrogen-bond donors (Lipinski definition) is 0. The Labute approximate surface area is 219 Å². The van der Waals surface area contributed by atoms with E-state index in [2.05, 4.69) is 74.3 Å². The molecule has 0 aliphatic carbocycles. The zero-order chi connectivity index (χ0) is 22.8. The van der Waals surface area contributed by atoms with Gasteiger partial charge in [0.2, 0.25) is 0 Å². The third-order valence-electron chi connectivity index (χ3n) is 5.32. The highest BCUT2D eigenvalue weighted by Crippen LogP contribution is 2.47. The van der Waals surface area contributed by atoms with E-state index in [-0.39, 0.29) is 11.4 Å². The number of halogens is 3. The van der Waals surface area contributed by atoms with Gasteiger partial charge in [0.15, 0.2) is 6.10 Å². The van der Waals surface area contributed by atoms with E-state index in [0.29, 0.717) is 5.02 Å². The van der Waals surface area contributed by atoms with Crippen LogP contribution in [0, 0.1) is 0 Å². The predicted molar refractivity (Wildman–Crippen MR) is 145 cm³/mol. The quantitative estimate of drug-likeness (QED) is 0.233. The monoisotopic (exact) mass is 597 g/mol. The van der Waals surface area contributed by atoms with Gasteiger partial charge in [-0.1, -0.05) is 79.9 Å². The number of benzene rings is 4. The van der Waals surface area contributed by atoms with Crippen LogP contribution in [0.15, 0.2) is 116 Å². The van der Waals surface area contributed by atoms with Gasteiger partial charge >= 0.3 is 0 Å². The molecule has 0 amide bonds. The molecule has 1 heterocycles. The lowest BCUT2D eigenvalue weighted by Gasteiger charge is -2.28. The first-order valence-electron chi connectivity index (χ1n) is 10.3. The molecule has 0 radical (unpaired) electrons. The van der Waals surface area contributed by atoms with Crippen LogP contribution in [-0.4, -0.2) is 11.8 Å². The van der Waals surface area contributed by atoms with Gasteiger partial charge in [-0.2, -0.15) is 0 Å². The fourth-order valence-corrected chi connectivity index (χ4v) is 5.63. The Morgan fingerprint density at radius 2 is 1.39 bits per heavy atom. The molecule has 0 bridgehead atoms. The van der Waals surface area contributed by atoms with Crippen LogP contribution < -0.4 is 4.74 Å². The van der Waals surface area contributed by atoms with Gasteiger partial charge in [0, 0.05) is 18.9 Å². The molecule has 0 N–H and O–H groups in total. The maximum atomic E-state index is 6.70. The van der Waals surface area contributed by atoms with Crippen LogP contribution in [0.2, 0.25) is 5.02 Å². The van der Waals surface area contributed by atoms with Crippen LogP contribution in [-0.2, 0) is 0 Å². The molecule has 0 saturated heterocycles. The Morgan fingerprint density at radius 1 is 0.758 bits per heavy atom. The smallest absolute Gasteiger partial charge is 0.157 e. The van der Waals surface area contributed by atoms with Crippen molar-refractivity contribution < 1.29 is 4.74 Å². The summed E-state index contributed by atoms with van der Waals surface area (Å²) in [4.78, 5) is 6.27. The van der Waals surface area contributed by atoms with E-state index in [1.807, 2.05) is 54.6 Å². The molecule has 1 aliphatic heterocycles. The lowest BCUT2D eigenvalue weighted by atomic mass is 9.98. The SMILES string of the molecule is Clc1ccc([C@@H]2Sc3ccccc3N=C(c3ccc(Br)cc3)[C@H]2Oc2ccc(Br)cc2)cc1. The first-order chi connectivity index (χ1) is 16.1. The van der Waals surface area contributed by atoms with E-state index >= 15 is 0 Å². The summed E-state index contributed by atoms with van der Waals surface area (Å²) in [5, 5.41) is 0.682. The number of nitrogens with zero attached hydrogens (tertiary/aromatic N) is 1. The number of ether oxygens (including phenoxy) is 1. The summed E-state index contributed by atoms with van der Waals surface area (Å²) in [5.41, 5.74) is 3.99. The van der Waals surface area contributed by atoms with Crippen LogP contribution in [0.25, 0.3) is 0 Å². The third kappa shape index (κ3) is 5.22. The Hall–Kier alpha value is -2.05. The molecule has 0 aromatic heterocycles. The van der Waals surface area contributed by atoms with Gasteiger partial charge < -0.3 is 4.74 Å². The summed E-state index contributed by atoms with van der Waals surface area (Å²) in [7, 11) is 0. The molecule has 2 atom stereocenters. The second-order valence-corrected chi connectivity index (χ2v) is 11.0. The maximum absolute atomic E-state index is 6.70.